The Bertz CT molecular complexity index is 1130. The highest BCUT2D eigenvalue weighted by molar-refractivity contribution is 7.99. The van der Waals surface area contributed by atoms with Gasteiger partial charge in [0.1, 0.15) is 6.33 Å². The average Bonchev–Trinajstić information content (AvgIpc) is 3.22. The lowest BCUT2D eigenvalue weighted by Gasteiger charge is -2.08. The highest BCUT2D eigenvalue weighted by Crippen LogP contribution is 2.24. The van der Waals surface area contributed by atoms with Gasteiger partial charge in [-0.25, -0.2) is 4.79 Å². The van der Waals surface area contributed by atoms with Crippen molar-refractivity contribution in [2.24, 2.45) is 0 Å². The SMILES string of the molecule is Cc1ccc(-n2cnnc2SCCn2c(=O)oc3ccccc32)cc1Cl. The molecule has 0 fully saturated rings. The van der Waals surface area contributed by atoms with Gasteiger partial charge >= 0.3 is 5.76 Å². The summed E-state index contributed by atoms with van der Waals surface area (Å²) >= 11 is 7.74. The molecule has 0 atom stereocenters. The van der Waals surface area contributed by atoms with Gasteiger partial charge in [0.2, 0.25) is 0 Å². The third-order valence-electron chi connectivity index (χ3n) is 4.07. The summed E-state index contributed by atoms with van der Waals surface area (Å²) in [4.78, 5) is 12.0. The van der Waals surface area contributed by atoms with Crippen LogP contribution in [0.25, 0.3) is 16.8 Å². The summed E-state index contributed by atoms with van der Waals surface area (Å²) in [5.74, 6) is 0.306. The monoisotopic (exact) mass is 386 g/mol. The van der Waals surface area contributed by atoms with Gasteiger partial charge in [0.15, 0.2) is 10.7 Å². The number of halogens is 1. The van der Waals surface area contributed by atoms with E-state index in [1.165, 1.54) is 11.8 Å². The summed E-state index contributed by atoms with van der Waals surface area (Å²) in [7, 11) is 0. The largest absolute Gasteiger partial charge is 0.419 e. The van der Waals surface area contributed by atoms with Crippen molar-refractivity contribution in [3.63, 3.8) is 0 Å². The summed E-state index contributed by atoms with van der Waals surface area (Å²) in [6, 6.07) is 13.2. The van der Waals surface area contributed by atoms with Gasteiger partial charge in [0.05, 0.1) is 11.2 Å². The second kappa shape index (κ2) is 7.01. The van der Waals surface area contributed by atoms with E-state index in [0.29, 0.717) is 22.9 Å². The molecule has 0 unspecified atom stereocenters. The Labute approximate surface area is 158 Å². The quantitative estimate of drug-likeness (QED) is 0.486. The number of para-hydroxylation sites is 2. The van der Waals surface area contributed by atoms with Crippen LogP contribution >= 0.6 is 23.4 Å². The third kappa shape index (κ3) is 3.15. The van der Waals surface area contributed by atoms with Crippen molar-refractivity contribution in [2.45, 2.75) is 18.6 Å². The molecule has 8 heteroatoms. The maximum Gasteiger partial charge on any atom is 0.419 e. The molecule has 0 radical (unpaired) electrons. The molecule has 0 aliphatic carbocycles. The first-order valence-electron chi connectivity index (χ1n) is 8.01. The highest BCUT2D eigenvalue weighted by atomic mass is 35.5. The number of benzene rings is 2. The molecule has 2 aromatic carbocycles. The molecule has 6 nitrogen and oxygen atoms in total. The predicted molar refractivity (Wildman–Crippen MR) is 102 cm³/mol. The Kier molecular flexibility index (Phi) is 4.57. The van der Waals surface area contributed by atoms with Crippen LogP contribution in [0.5, 0.6) is 0 Å². The maximum atomic E-state index is 12.0. The Morgan fingerprint density at radius 1 is 1.23 bits per heavy atom. The third-order valence-corrected chi connectivity index (χ3v) is 5.40. The van der Waals surface area contributed by atoms with E-state index in [1.807, 2.05) is 47.9 Å². The summed E-state index contributed by atoms with van der Waals surface area (Å²) in [5, 5.41) is 9.61. The van der Waals surface area contributed by atoms with Crippen molar-refractivity contribution in [1.82, 2.24) is 19.3 Å². The van der Waals surface area contributed by atoms with E-state index < -0.39 is 0 Å². The van der Waals surface area contributed by atoms with Gasteiger partial charge in [0, 0.05) is 17.3 Å². The van der Waals surface area contributed by atoms with E-state index in [9.17, 15) is 4.79 Å². The lowest BCUT2D eigenvalue weighted by Crippen LogP contribution is -2.15. The van der Waals surface area contributed by atoms with Gasteiger partial charge in [-0.3, -0.25) is 9.13 Å². The minimum Gasteiger partial charge on any atom is -0.408 e. The van der Waals surface area contributed by atoms with E-state index in [4.69, 9.17) is 16.0 Å². The molecule has 132 valence electrons. The van der Waals surface area contributed by atoms with Gasteiger partial charge in [-0.1, -0.05) is 41.6 Å². The van der Waals surface area contributed by atoms with Crippen LogP contribution < -0.4 is 5.76 Å². The van der Waals surface area contributed by atoms with E-state index >= 15 is 0 Å². The number of hydrogen-bond acceptors (Lipinski definition) is 5. The number of aromatic nitrogens is 4. The Morgan fingerprint density at radius 3 is 2.92 bits per heavy atom. The van der Waals surface area contributed by atoms with Crippen molar-refractivity contribution in [3.05, 3.63) is 69.9 Å². The van der Waals surface area contributed by atoms with Gasteiger partial charge in [-0.15, -0.1) is 10.2 Å². The molecule has 0 amide bonds. The van der Waals surface area contributed by atoms with Crippen molar-refractivity contribution in [1.29, 1.82) is 0 Å². The summed E-state index contributed by atoms with van der Waals surface area (Å²) < 4.78 is 8.77. The fourth-order valence-corrected chi connectivity index (χ4v) is 3.71. The zero-order valence-corrected chi connectivity index (χ0v) is 15.5. The summed E-state index contributed by atoms with van der Waals surface area (Å²) in [6.07, 6.45) is 1.66. The van der Waals surface area contributed by atoms with Crippen LogP contribution in [0.3, 0.4) is 0 Å². The average molecular weight is 387 g/mol. The topological polar surface area (TPSA) is 65.8 Å². The fraction of sp³-hybridized carbons (Fsp3) is 0.167. The molecule has 0 aliphatic rings. The molecule has 0 aliphatic heterocycles. The zero-order chi connectivity index (χ0) is 18.1. The van der Waals surface area contributed by atoms with Crippen LogP contribution in [0.2, 0.25) is 5.02 Å². The number of nitrogens with zero attached hydrogens (tertiary/aromatic N) is 4. The van der Waals surface area contributed by atoms with Crippen LogP contribution in [0, 0.1) is 6.92 Å². The second-order valence-corrected chi connectivity index (χ2v) is 7.22. The molecule has 0 bridgehead atoms. The van der Waals surface area contributed by atoms with Crippen molar-refractivity contribution in [3.8, 4) is 5.69 Å². The zero-order valence-electron chi connectivity index (χ0n) is 13.9. The van der Waals surface area contributed by atoms with Crippen LogP contribution in [0.15, 0.2) is 63.2 Å². The fourth-order valence-electron chi connectivity index (χ4n) is 2.69. The first-order chi connectivity index (χ1) is 12.6. The molecule has 0 N–H and O–H groups in total. The van der Waals surface area contributed by atoms with Crippen molar-refractivity contribution < 1.29 is 4.42 Å². The molecule has 0 saturated carbocycles. The molecular weight excluding hydrogens is 372 g/mol. The highest BCUT2D eigenvalue weighted by Gasteiger charge is 2.11. The number of oxazole rings is 1. The Hall–Kier alpha value is -2.51. The van der Waals surface area contributed by atoms with Gasteiger partial charge < -0.3 is 4.42 Å². The first kappa shape index (κ1) is 16.9. The van der Waals surface area contributed by atoms with Gasteiger partial charge in [0.25, 0.3) is 0 Å². The number of fused-ring (bicyclic) bond motifs is 1. The maximum absolute atomic E-state index is 12.0. The number of hydrogen-bond donors (Lipinski definition) is 0. The number of thioether (sulfide) groups is 1. The van der Waals surface area contributed by atoms with E-state index in [1.54, 1.807) is 17.0 Å². The molecule has 26 heavy (non-hydrogen) atoms. The molecule has 0 spiro atoms. The smallest absolute Gasteiger partial charge is 0.408 e. The molecule has 4 rings (SSSR count). The minimum absolute atomic E-state index is 0.349. The van der Waals surface area contributed by atoms with Gasteiger partial charge in [-0.05, 0) is 36.8 Å². The van der Waals surface area contributed by atoms with Gasteiger partial charge in [-0.2, -0.15) is 0 Å². The molecular formula is C18H15ClN4O2S. The number of rotatable bonds is 5. The molecule has 0 saturated heterocycles. The van der Waals surface area contributed by atoms with Crippen LogP contribution in [0.4, 0.5) is 0 Å². The standard InChI is InChI=1S/C18H15ClN4O2S/c1-12-6-7-13(10-14(12)19)23-11-20-21-17(23)26-9-8-22-15-4-2-3-5-16(15)25-18(22)24/h2-7,10-11H,8-9H2,1H3. The van der Waals surface area contributed by atoms with Crippen LogP contribution in [-0.4, -0.2) is 25.1 Å². The predicted octanol–water partition coefficient (Wildman–Crippen LogP) is 3.93. The van der Waals surface area contributed by atoms with Crippen LogP contribution in [0.1, 0.15) is 5.56 Å². The lowest BCUT2D eigenvalue weighted by molar-refractivity contribution is 0.514. The Morgan fingerprint density at radius 2 is 2.08 bits per heavy atom. The van der Waals surface area contributed by atoms with E-state index in [0.717, 1.165) is 21.9 Å². The molecule has 4 aromatic rings. The summed E-state index contributed by atoms with van der Waals surface area (Å²) in [5.41, 5.74) is 3.31. The summed E-state index contributed by atoms with van der Waals surface area (Å²) in [6.45, 7) is 2.48. The Balaban J connectivity index is 1.52. The van der Waals surface area contributed by atoms with E-state index in [-0.39, 0.29) is 5.76 Å². The molecule has 2 heterocycles. The lowest BCUT2D eigenvalue weighted by atomic mass is 10.2. The second-order valence-electron chi connectivity index (χ2n) is 5.75. The minimum atomic E-state index is -0.349. The van der Waals surface area contributed by atoms with Crippen LogP contribution in [-0.2, 0) is 6.54 Å². The van der Waals surface area contributed by atoms with E-state index in [2.05, 4.69) is 10.2 Å². The molecule has 2 aromatic heterocycles. The first-order valence-corrected chi connectivity index (χ1v) is 9.37. The number of aryl methyl sites for hydroxylation is 2. The normalized spacial score (nSPS) is 11.3. The van der Waals surface area contributed by atoms with Crippen molar-refractivity contribution in [2.75, 3.05) is 5.75 Å². The van der Waals surface area contributed by atoms with Crippen molar-refractivity contribution >= 4 is 34.5 Å².